The molecule has 0 aliphatic carbocycles. The van der Waals surface area contributed by atoms with Gasteiger partial charge in [-0.05, 0) is 24.8 Å². The molecular weight excluding hydrogens is 256 g/mol. The van der Waals surface area contributed by atoms with E-state index in [4.69, 9.17) is 0 Å². The van der Waals surface area contributed by atoms with E-state index in [2.05, 4.69) is 15.6 Å². The molecule has 0 saturated heterocycles. The van der Waals surface area contributed by atoms with Crippen molar-refractivity contribution in [2.45, 2.75) is 33.1 Å². The van der Waals surface area contributed by atoms with E-state index < -0.39 is 11.4 Å². The Balaban J connectivity index is 2.85. The first-order valence-electron chi connectivity index (χ1n) is 6.76. The Labute approximate surface area is 119 Å². The standard InChI is InChI=1S/C15H22N2O3/c1-4-15(5-2,11-12-9-7-6-8-10-12)13(18)16-14(19)17-20-3/h6-10H,4-5,11H2,1-3H3,(H2,16,17,18,19). The first-order valence-corrected chi connectivity index (χ1v) is 6.76. The lowest BCUT2D eigenvalue weighted by atomic mass is 9.76. The summed E-state index contributed by atoms with van der Waals surface area (Å²) in [5.41, 5.74) is 2.58. The molecule has 0 fully saturated rings. The zero-order valence-corrected chi connectivity index (χ0v) is 12.2. The van der Waals surface area contributed by atoms with Gasteiger partial charge in [0.25, 0.3) is 0 Å². The Morgan fingerprint density at radius 1 is 1.15 bits per heavy atom. The number of benzene rings is 1. The average molecular weight is 278 g/mol. The van der Waals surface area contributed by atoms with Crippen LogP contribution in [-0.2, 0) is 16.1 Å². The van der Waals surface area contributed by atoms with Crippen LogP contribution in [0.15, 0.2) is 30.3 Å². The molecule has 0 aliphatic heterocycles. The number of carbonyl (C=O) groups is 2. The van der Waals surface area contributed by atoms with Crippen LogP contribution in [0.25, 0.3) is 0 Å². The van der Waals surface area contributed by atoms with Gasteiger partial charge in [-0.25, -0.2) is 10.3 Å². The fourth-order valence-electron chi connectivity index (χ4n) is 2.24. The highest BCUT2D eigenvalue weighted by atomic mass is 16.6. The van der Waals surface area contributed by atoms with Crippen molar-refractivity contribution in [2.75, 3.05) is 7.11 Å². The molecule has 3 amide bonds. The first kappa shape index (κ1) is 16.2. The zero-order valence-electron chi connectivity index (χ0n) is 12.2. The van der Waals surface area contributed by atoms with E-state index in [1.165, 1.54) is 7.11 Å². The van der Waals surface area contributed by atoms with Gasteiger partial charge in [0, 0.05) is 0 Å². The second kappa shape index (κ2) is 7.65. The number of hydrogen-bond acceptors (Lipinski definition) is 3. The number of hydroxylamine groups is 1. The molecule has 20 heavy (non-hydrogen) atoms. The summed E-state index contributed by atoms with van der Waals surface area (Å²) in [4.78, 5) is 28.3. The number of carbonyl (C=O) groups excluding carboxylic acids is 2. The maximum Gasteiger partial charge on any atom is 0.345 e. The summed E-state index contributed by atoms with van der Waals surface area (Å²) < 4.78 is 0. The van der Waals surface area contributed by atoms with Crippen LogP contribution in [-0.4, -0.2) is 19.0 Å². The lowest BCUT2D eigenvalue weighted by Crippen LogP contribution is -2.48. The smallest absolute Gasteiger partial charge is 0.276 e. The summed E-state index contributed by atoms with van der Waals surface area (Å²) in [7, 11) is 1.32. The number of nitrogens with one attached hydrogen (secondary N) is 2. The molecule has 2 N–H and O–H groups in total. The Morgan fingerprint density at radius 3 is 2.25 bits per heavy atom. The van der Waals surface area contributed by atoms with E-state index in [-0.39, 0.29) is 5.91 Å². The minimum atomic E-state index is -0.642. The van der Waals surface area contributed by atoms with Gasteiger partial charge < -0.3 is 0 Å². The van der Waals surface area contributed by atoms with Gasteiger partial charge in [-0.15, -0.1) is 0 Å². The molecule has 0 radical (unpaired) electrons. The van der Waals surface area contributed by atoms with Crippen LogP contribution in [0.3, 0.4) is 0 Å². The topological polar surface area (TPSA) is 67.4 Å². The minimum Gasteiger partial charge on any atom is -0.276 e. The van der Waals surface area contributed by atoms with E-state index >= 15 is 0 Å². The van der Waals surface area contributed by atoms with E-state index in [1.54, 1.807) is 0 Å². The average Bonchev–Trinajstić information content (AvgIpc) is 2.46. The van der Waals surface area contributed by atoms with Gasteiger partial charge in [-0.2, -0.15) is 0 Å². The zero-order chi connectivity index (χ0) is 15.0. The Kier molecular flexibility index (Phi) is 6.18. The summed E-state index contributed by atoms with van der Waals surface area (Å²) in [6, 6.07) is 9.17. The highest BCUT2D eigenvalue weighted by Gasteiger charge is 2.35. The highest BCUT2D eigenvalue weighted by Crippen LogP contribution is 2.31. The van der Waals surface area contributed by atoms with Crippen LogP contribution in [0.1, 0.15) is 32.3 Å². The monoisotopic (exact) mass is 278 g/mol. The Bertz CT molecular complexity index is 442. The van der Waals surface area contributed by atoms with E-state index in [1.807, 2.05) is 44.2 Å². The fraction of sp³-hybridized carbons (Fsp3) is 0.467. The maximum absolute atomic E-state index is 12.4. The Hall–Kier alpha value is -1.88. The molecule has 0 heterocycles. The SMILES string of the molecule is CCC(CC)(Cc1ccccc1)C(=O)NC(=O)NOC. The molecule has 1 aromatic rings. The largest absolute Gasteiger partial charge is 0.345 e. The number of imide groups is 1. The molecule has 110 valence electrons. The van der Waals surface area contributed by atoms with Gasteiger partial charge in [0.1, 0.15) is 0 Å². The number of rotatable bonds is 6. The number of amides is 3. The van der Waals surface area contributed by atoms with Crippen molar-refractivity contribution in [2.24, 2.45) is 5.41 Å². The first-order chi connectivity index (χ1) is 9.57. The van der Waals surface area contributed by atoms with Crippen molar-refractivity contribution >= 4 is 11.9 Å². The van der Waals surface area contributed by atoms with E-state index in [9.17, 15) is 9.59 Å². The third-order valence-electron chi connectivity index (χ3n) is 3.64. The van der Waals surface area contributed by atoms with Crippen LogP contribution < -0.4 is 10.8 Å². The van der Waals surface area contributed by atoms with Gasteiger partial charge in [0.05, 0.1) is 12.5 Å². The molecule has 0 bridgehead atoms. The van der Waals surface area contributed by atoms with Crippen LogP contribution >= 0.6 is 0 Å². The molecule has 1 rings (SSSR count). The quantitative estimate of drug-likeness (QED) is 0.785. The predicted octanol–water partition coefficient (Wildman–Crippen LogP) is 2.42. The number of urea groups is 1. The van der Waals surface area contributed by atoms with Crippen molar-refractivity contribution in [3.8, 4) is 0 Å². The minimum absolute atomic E-state index is 0.277. The predicted molar refractivity (Wildman–Crippen MR) is 76.8 cm³/mol. The maximum atomic E-state index is 12.4. The molecule has 5 nitrogen and oxygen atoms in total. The molecule has 0 saturated carbocycles. The Morgan fingerprint density at radius 2 is 1.75 bits per heavy atom. The highest BCUT2D eigenvalue weighted by molar-refractivity contribution is 5.97. The molecule has 0 unspecified atom stereocenters. The van der Waals surface area contributed by atoms with E-state index in [0.29, 0.717) is 19.3 Å². The molecule has 0 aromatic heterocycles. The lowest BCUT2D eigenvalue weighted by molar-refractivity contribution is -0.130. The van der Waals surface area contributed by atoms with Gasteiger partial charge in [0.15, 0.2) is 0 Å². The second-order valence-corrected chi connectivity index (χ2v) is 4.74. The summed E-state index contributed by atoms with van der Waals surface area (Å²) >= 11 is 0. The van der Waals surface area contributed by atoms with Crippen LogP contribution in [0.5, 0.6) is 0 Å². The summed E-state index contributed by atoms with van der Waals surface area (Å²) in [6.45, 7) is 3.92. The lowest BCUT2D eigenvalue weighted by Gasteiger charge is -2.30. The molecular formula is C15H22N2O3. The van der Waals surface area contributed by atoms with Crippen molar-refractivity contribution in [1.82, 2.24) is 10.8 Å². The van der Waals surface area contributed by atoms with Crippen molar-refractivity contribution in [3.05, 3.63) is 35.9 Å². The second-order valence-electron chi connectivity index (χ2n) is 4.74. The molecule has 5 heteroatoms. The van der Waals surface area contributed by atoms with Crippen LogP contribution in [0.2, 0.25) is 0 Å². The van der Waals surface area contributed by atoms with Gasteiger partial charge in [-0.3, -0.25) is 14.9 Å². The number of hydrogen-bond donors (Lipinski definition) is 2. The third kappa shape index (κ3) is 4.06. The van der Waals surface area contributed by atoms with Gasteiger partial charge >= 0.3 is 6.03 Å². The normalized spacial score (nSPS) is 10.9. The third-order valence-corrected chi connectivity index (χ3v) is 3.64. The summed E-state index contributed by atoms with van der Waals surface area (Å²) in [6.07, 6.45) is 1.92. The van der Waals surface area contributed by atoms with Gasteiger partial charge in [-0.1, -0.05) is 44.2 Å². The van der Waals surface area contributed by atoms with Crippen LogP contribution in [0.4, 0.5) is 4.79 Å². The molecule has 0 spiro atoms. The van der Waals surface area contributed by atoms with E-state index in [0.717, 1.165) is 5.56 Å². The van der Waals surface area contributed by atoms with Crippen LogP contribution in [0, 0.1) is 5.41 Å². The van der Waals surface area contributed by atoms with Crippen molar-refractivity contribution in [3.63, 3.8) is 0 Å². The summed E-state index contributed by atoms with van der Waals surface area (Å²) in [5.74, 6) is -0.277. The van der Waals surface area contributed by atoms with Crippen molar-refractivity contribution in [1.29, 1.82) is 0 Å². The van der Waals surface area contributed by atoms with Crippen molar-refractivity contribution < 1.29 is 14.4 Å². The molecule has 0 atom stereocenters. The molecule has 1 aromatic carbocycles. The van der Waals surface area contributed by atoms with Gasteiger partial charge in [0.2, 0.25) is 5.91 Å². The fourth-order valence-corrected chi connectivity index (χ4v) is 2.24. The summed E-state index contributed by atoms with van der Waals surface area (Å²) in [5, 5.41) is 2.33. The molecule has 0 aliphatic rings.